The zero-order valence-corrected chi connectivity index (χ0v) is 8.99. The summed E-state index contributed by atoms with van der Waals surface area (Å²) in [5, 5.41) is 1.00. The van der Waals surface area contributed by atoms with Gasteiger partial charge in [0.1, 0.15) is 0 Å². The molecule has 0 atom stereocenters. The van der Waals surface area contributed by atoms with Crippen LogP contribution in [0.4, 0.5) is 0 Å². The number of aryl methyl sites for hydroxylation is 1. The molecule has 0 bridgehead atoms. The molecule has 0 amide bonds. The summed E-state index contributed by atoms with van der Waals surface area (Å²) in [7, 11) is 0. The molecule has 1 saturated heterocycles. The maximum atomic E-state index is 11.2. The van der Waals surface area contributed by atoms with Gasteiger partial charge in [-0.25, -0.2) is 9.78 Å². The average molecular weight is 216 g/mol. The molecule has 82 valence electrons. The van der Waals surface area contributed by atoms with Crippen molar-refractivity contribution < 1.29 is 4.74 Å². The van der Waals surface area contributed by atoms with E-state index in [4.69, 9.17) is 4.74 Å². The Bertz CT molecular complexity index is 599. The Morgan fingerprint density at radius 2 is 2.25 bits per heavy atom. The molecule has 1 aliphatic heterocycles. The van der Waals surface area contributed by atoms with Crippen molar-refractivity contribution in [1.29, 1.82) is 0 Å². The molecule has 1 aromatic carbocycles. The van der Waals surface area contributed by atoms with Crippen LogP contribution in [0.5, 0.6) is 0 Å². The highest BCUT2D eigenvalue weighted by atomic mass is 16.5. The molecular weight excluding hydrogens is 204 g/mol. The van der Waals surface area contributed by atoms with Gasteiger partial charge in [-0.3, -0.25) is 0 Å². The van der Waals surface area contributed by atoms with Crippen molar-refractivity contribution in [2.75, 3.05) is 13.2 Å². The van der Waals surface area contributed by atoms with E-state index >= 15 is 0 Å². The number of aromatic nitrogens is 2. The van der Waals surface area contributed by atoms with Gasteiger partial charge in [-0.15, -0.1) is 0 Å². The molecule has 4 nitrogen and oxygen atoms in total. The summed E-state index contributed by atoms with van der Waals surface area (Å²) in [5.41, 5.74) is 2.94. The van der Waals surface area contributed by atoms with Gasteiger partial charge in [-0.2, -0.15) is 0 Å². The quantitative estimate of drug-likeness (QED) is 0.782. The summed E-state index contributed by atoms with van der Waals surface area (Å²) in [5.74, 6) is 0.472. The first-order valence-corrected chi connectivity index (χ1v) is 5.31. The number of hydrogen-bond acceptors (Lipinski definition) is 3. The van der Waals surface area contributed by atoms with E-state index in [1.807, 2.05) is 13.0 Å². The second-order valence-corrected chi connectivity index (χ2v) is 4.22. The number of ether oxygens (including phenoxy) is 1. The number of nitrogens with zero attached hydrogens (tertiary/aromatic N) is 1. The van der Waals surface area contributed by atoms with Crippen LogP contribution >= 0.6 is 0 Å². The minimum Gasteiger partial charge on any atom is -0.380 e. The Kier molecular flexibility index (Phi) is 2.04. The van der Waals surface area contributed by atoms with E-state index in [9.17, 15) is 4.79 Å². The lowest BCUT2D eigenvalue weighted by Gasteiger charge is -2.26. The predicted octanol–water partition coefficient (Wildman–Crippen LogP) is 1.35. The van der Waals surface area contributed by atoms with Crippen LogP contribution in [0.3, 0.4) is 0 Å². The Hall–Kier alpha value is -1.68. The van der Waals surface area contributed by atoms with Gasteiger partial charge in [0.15, 0.2) is 0 Å². The van der Waals surface area contributed by atoms with Crippen molar-refractivity contribution >= 4 is 10.9 Å². The topological polar surface area (TPSA) is 55.0 Å². The number of H-pyrrole nitrogens is 1. The van der Waals surface area contributed by atoms with Crippen LogP contribution in [-0.4, -0.2) is 23.2 Å². The Morgan fingerprint density at radius 1 is 1.44 bits per heavy atom. The molecule has 0 spiro atoms. The zero-order valence-electron chi connectivity index (χ0n) is 8.99. The van der Waals surface area contributed by atoms with Gasteiger partial charge in [-0.1, -0.05) is 6.07 Å². The summed E-state index contributed by atoms with van der Waals surface area (Å²) in [6.45, 7) is 3.59. The normalized spacial score (nSPS) is 16.3. The van der Waals surface area contributed by atoms with Gasteiger partial charge in [0, 0.05) is 17.5 Å². The zero-order chi connectivity index (χ0) is 11.1. The molecule has 0 aliphatic carbocycles. The summed E-state index contributed by atoms with van der Waals surface area (Å²) < 4.78 is 5.18. The van der Waals surface area contributed by atoms with Crippen LogP contribution in [0.2, 0.25) is 0 Å². The second-order valence-electron chi connectivity index (χ2n) is 4.22. The smallest absolute Gasteiger partial charge is 0.345 e. The summed E-state index contributed by atoms with van der Waals surface area (Å²) in [6, 6.07) is 4.17. The molecule has 0 unspecified atom stereocenters. The van der Waals surface area contributed by atoms with Crippen LogP contribution in [0.15, 0.2) is 23.1 Å². The molecule has 3 rings (SSSR count). The fourth-order valence-corrected chi connectivity index (χ4v) is 2.04. The first kappa shape index (κ1) is 9.54. The summed E-state index contributed by atoms with van der Waals surface area (Å²) >= 11 is 0. The first-order valence-electron chi connectivity index (χ1n) is 5.31. The lowest BCUT2D eigenvalue weighted by atomic mass is 9.94. The molecule has 4 heteroatoms. The highest BCUT2D eigenvalue weighted by Gasteiger charge is 2.21. The van der Waals surface area contributed by atoms with Crippen LogP contribution < -0.4 is 5.69 Å². The maximum absolute atomic E-state index is 11.2. The number of benzene rings is 1. The molecule has 0 saturated carbocycles. The molecule has 1 fully saturated rings. The van der Waals surface area contributed by atoms with Gasteiger partial charge < -0.3 is 9.72 Å². The van der Waals surface area contributed by atoms with Gasteiger partial charge in [-0.05, 0) is 24.1 Å². The van der Waals surface area contributed by atoms with Crippen molar-refractivity contribution in [2.24, 2.45) is 0 Å². The van der Waals surface area contributed by atoms with Crippen molar-refractivity contribution in [3.05, 3.63) is 39.9 Å². The summed E-state index contributed by atoms with van der Waals surface area (Å²) in [4.78, 5) is 17.7. The minimum absolute atomic E-state index is 0.297. The van der Waals surface area contributed by atoms with Crippen molar-refractivity contribution in [3.63, 3.8) is 0 Å². The fraction of sp³-hybridized carbons (Fsp3) is 0.333. The largest absolute Gasteiger partial charge is 0.380 e. The van der Waals surface area contributed by atoms with Crippen molar-refractivity contribution in [3.8, 4) is 0 Å². The van der Waals surface area contributed by atoms with E-state index in [0.717, 1.165) is 29.7 Å². The van der Waals surface area contributed by atoms with Gasteiger partial charge >= 0.3 is 5.69 Å². The fourth-order valence-electron chi connectivity index (χ4n) is 2.04. The predicted molar refractivity (Wildman–Crippen MR) is 60.7 cm³/mol. The standard InChI is InChI=1S/C12H12N2O2/c1-7-2-8(9-5-16-6-9)3-11-10(7)4-13-12(15)14-11/h2-4,9H,5-6H2,1H3,(H,13,14,15). The van der Waals surface area contributed by atoms with Gasteiger partial charge in [0.2, 0.25) is 0 Å². The third-order valence-electron chi connectivity index (χ3n) is 3.07. The Labute approximate surface area is 92.3 Å². The number of rotatable bonds is 1. The van der Waals surface area contributed by atoms with E-state index in [1.54, 1.807) is 6.20 Å². The Morgan fingerprint density at radius 3 is 2.94 bits per heavy atom. The monoisotopic (exact) mass is 216 g/mol. The minimum atomic E-state index is -0.297. The number of hydrogen-bond donors (Lipinski definition) is 1. The van der Waals surface area contributed by atoms with E-state index in [-0.39, 0.29) is 5.69 Å². The first-order chi connectivity index (χ1) is 7.74. The molecule has 1 aliphatic rings. The van der Waals surface area contributed by atoms with E-state index in [2.05, 4.69) is 16.0 Å². The van der Waals surface area contributed by atoms with E-state index in [1.165, 1.54) is 5.56 Å². The maximum Gasteiger partial charge on any atom is 0.345 e. The van der Waals surface area contributed by atoms with Crippen molar-refractivity contribution in [1.82, 2.24) is 9.97 Å². The van der Waals surface area contributed by atoms with Crippen LogP contribution in [0.25, 0.3) is 10.9 Å². The lowest BCUT2D eigenvalue weighted by Crippen LogP contribution is -2.25. The number of fused-ring (bicyclic) bond motifs is 1. The van der Waals surface area contributed by atoms with Crippen LogP contribution in [-0.2, 0) is 4.74 Å². The molecular formula is C12H12N2O2. The van der Waals surface area contributed by atoms with Crippen LogP contribution in [0.1, 0.15) is 17.0 Å². The average Bonchev–Trinajstić information content (AvgIpc) is 2.13. The molecule has 1 N–H and O–H groups in total. The molecule has 0 radical (unpaired) electrons. The van der Waals surface area contributed by atoms with E-state index in [0.29, 0.717) is 5.92 Å². The van der Waals surface area contributed by atoms with Gasteiger partial charge in [0.25, 0.3) is 0 Å². The third-order valence-corrected chi connectivity index (χ3v) is 3.07. The molecule has 2 aromatic rings. The van der Waals surface area contributed by atoms with Crippen molar-refractivity contribution in [2.45, 2.75) is 12.8 Å². The second kappa shape index (κ2) is 3.42. The van der Waals surface area contributed by atoms with E-state index < -0.39 is 0 Å². The highest BCUT2D eigenvalue weighted by Crippen LogP contribution is 2.27. The lowest BCUT2D eigenvalue weighted by molar-refractivity contribution is 0.00845. The number of nitrogens with one attached hydrogen (secondary N) is 1. The molecule has 16 heavy (non-hydrogen) atoms. The molecule has 2 heterocycles. The summed E-state index contributed by atoms with van der Waals surface area (Å²) in [6.07, 6.45) is 1.63. The Balaban J connectivity index is 2.22. The SMILES string of the molecule is Cc1cc(C2COC2)cc2[nH]c(=O)ncc12. The number of aromatic amines is 1. The van der Waals surface area contributed by atoms with Crippen LogP contribution in [0, 0.1) is 6.92 Å². The third kappa shape index (κ3) is 1.42. The van der Waals surface area contributed by atoms with Gasteiger partial charge in [0.05, 0.1) is 18.7 Å². The molecule has 1 aromatic heterocycles. The highest BCUT2D eigenvalue weighted by molar-refractivity contribution is 5.81.